The zero-order valence-corrected chi connectivity index (χ0v) is 16.3. The third kappa shape index (κ3) is 5.30. The molecule has 6 heteroatoms. The quantitative estimate of drug-likeness (QED) is 0.645. The molecule has 1 amide bonds. The first kappa shape index (κ1) is 19.4. The molecular weight excluding hydrogens is 352 g/mol. The Hall–Kier alpha value is -3.41. The number of amides is 1. The van der Waals surface area contributed by atoms with Crippen molar-refractivity contribution in [3.05, 3.63) is 77.6 Å². The molecule has 0 saturated carbocycles. The third-order valence-corrected chi connectivity index (χ3v) is 4.07. The number of nitrogens with zero attached hydrogens (tertiary/aromatic N) is 2. The fourth-order valence-corrected chi connectivity index (χ4v) is 2.64. The van der Waals surface area contributed by atoms with Gasteiger partial charge in [0.1, 0.15) is 11.4 Å². The molecule has 2 N–H and O–H groups in total. The highest BCUT2D eigenvalue weighted by Crippen LogP contribution is 2.19. The highest BCUT2D eigenvalue weighted by atomic mass is 16.5. The maximum atomic E-state index is 12.4. The lowest BCUT2D eigenvalue weighted by Crippen LogP contribution is -2.24. The number of carbonyl (C=O) groups is 1. The summed E-state index contributed by atoms with van der Waals surface area (Å²) in [6, 6.07) is 17.1. The zero-order chi connectivity index (χ0) is 19.9. The van der Waals surface area contributed by atoms with Crippen molar-refractivity contribution in [3.8, 4) is 5.75 Å². The summed E-state index contributed by atoms with van der Waals surface area (Å²) in [6.45, 7) is 6.44. The van der Waals surface area contributed by atoms with Gasteiger partial charge in [-0.3, -0.25) is 4.79 Å². The van der Waals surface area contributed by atoms with E-state index in [1.807, 2.05) is 69.3 Å². The van der Waals surface area contributed by atoms with Crippen LogP contribution in [0.3, 0.4) is 0 Å². The monoisotopic (exact) mass is 376 g/mol. The molecule has 0 aliphatic rings. The standard InChI is InChI=1S/C22H24N4O2/c1-15(2)28-19-10-8-18(9-11-19)25-22-23-13-12-20(26-22)21(27)24-14-17-7-5-4-6-16(17)3/h4-13,15H,14H2,1-3H3,(H,24,27)(H,23,25,26). The van der Waals surface area contributed by atoms with Gasteiger partial charge in [-0.15, -0.1) is 0 Å². The molecule has 1 aromatic heterocycles. The van der Waals surface area contributed by atoms with E-state index >= 15 is 0 Å². The van der Waals surface area contributed by atoms with Gasteiger partial charge in [-0.1, -0.05) is 24.3 Å². The number of hydrogen-bond acceptors (Lipinski definition) is 5. The predicted molar refractivity (Wildman–Crippen MR) is 110 cm³/mol. The number of anilines is 2. The van der Waals surface area contributed by atoms with Gasteiger partial charge in [0, 0.05) is 18.4 Å². The van der Waals surface area contributed by atoms with Crippen molar-refractivity contribution in [2.45, 2.75) is 33.4 Å². The van der Waals surface area contributed by atoms with Crippen molar-refractivity contribution < 1.29 is 9.53 Å². The molecule has 0 radical (unpaired) electrons. The van der Waals surface area contributed by atoms with Gasteiger partial charge in [0.25, 0.3) is 5.91 Å². The molecule has 3 aromatic rings. The van der Waals surface area contributed by atoms with Crippen molar-refractivity contribution >= 4 is 17.5 Å². The van der Waals surface area contributed by atoms with Gasteiger partial charge in [-0.25, -0.2) is 9.97 Å². The summed E-state index contributed by atoms with van der Waals surface area (Å²) in [6.07, 6.45) is 1.69. The summed E-state index contributed by atoms with van der Waals surface area (Å²) in [5.41, 5.74) is 3.34. The lowest BCUT2D eigenvalue weighted by atomic mass is 10.1. The molecule has 6 nitrogen and oxygen atoms in total. The fraction of sp³-hybridized carbons (Fsp3) is 0.227. The van der Waals surface area contributed by atoms with Crippen LogP contribution in [0.15, 0.2) is 60.8 Å². The van der Waals surface area contributed by atoms with Gasteiger partial charge >= 0.3 is 0 Å². The average Bonchev–Trinajstić information content (AvgIpc) is 2.68. The van der Waals surface area contributed by atoms with Gasteiger partial charge < -0.3 is 15.4 Å². The number of hydrogen-bond donors (Lipinski definition) is 2. The lowest BCUT2D eigenvalue weighted by molar-refractivity contribution is 0.0946. The molecule has 0 unspecified atom stereocenters. The van der Waals surface area contributed by atoms with Crippen LogP contribution in [0.2, 0.25) is 0 Å². The third-order valence-electron chi connectivity index (χ3n) is 4.07. The van der Waals surface area contributed by atoms with E-state index in [-0.39, 0.29) is 12.0 Å². The summed E-state index contributed by atoms with van der Waals surface area (Å²) in [5.74, 6) is 0.918. The Balaban J connectivity index is 1.63. The molecule has 0 saturated heterocycles. The molecule has 0 bridgehead atoms. The Morgan fingerprint density at radius 3 is 2.54 bits per heavy atom. The first-order valence-corrected chi connectivity index (χ1v) is 9.21. The number of ether oxygens (including phenoxy) is 1. The van der Waals surface area contributed by atoms with Gasteiger partial charge in [0.2, 0.25) is 5.95 Å². The summed E-state index contributed by atoms with van der Waals surface area (Å²) < 4.78 is 5.63. The predicted octanol–water partition coefficient (Wildman–Crippen LogP) is 4.25. The molecule has 28 heavy (non-hydrogen) atoms. The molecule has 0 aliphatic carbocycles. The lowest BCUT2D eigenvalue weighted by Gasteiger charge is -2.11. The van der Waals surface area contributed by atoms with Crippen molar-refractivity contribution in [1.82, 2.24) is 15.3 Å². The molecule has 0 spiro atoms. The van der Waals surface area contributed by atoms with Crippen molar-refractivity contribution in [2.75, 3.05) is 5.32 Å². The molecule has 0 fully saturated rings. The van der Waals surface area contributed by atoms with E-state index in [0.29, 0.717) is 18.2 Å². The Morgan fingerprint density at radius 2 is 1.82 bits per heavy atom. The maximum absolute atomic E-state index is 12.4. The van der Waals surface area contributed by atoms with Crippen LogP contribution in [-0.2, 0) is 6.54 Å². The van der Waals surface area contributed by atoms with E-state index < -0.39 is 0 Å². The Kier molecular flexibility index (Phi) is 6.22. The van der Waals surface area contributed by atoms with E-state index in [1.54, 1.807) is 12.3 Å². The zero-order valence-electron chi connectivity index (χ0n) is 16.3. The number of aryl methyl sites for hydroxylation is 1. The summed E-state index contributed by atoms with van der Waals surface area (Å²) in [7, 11) is 0. The van der Waals surface area contributed by atoms with Crippen molar-refractivity contribution in [3.63, 3.8) is 0 Å². The molecule has 1 heterocycles. The van der Waals surface area contributed by atoms with Crippen LogP contribution in [0.25, 0.3) is 0 Å². The largest absolute Gasteiger partial charge is 0.491 e. The fourth-order valence-electron chi connectivity index (χ4n) is 2.64. The normalized spacial score (nSPS) is 10.6. The van der Waals surface area contributed by atoms with Gasteiger partial charge in [-0.05, 0) is 62.2 Å². The summed E-state index contributed by atoms with van der Waals surface area (Å²) >= 11 is 0. The van der Waals surface area contributed by atoms with Crippen molar-refractivity contribution in [1.29, 1.82) is 0 Å². The molecule has 144 valence electrons. The van der Waals surface area contributed by atoms with Gasteiger partial charge in [0.05, 0.1) is 6.10 Å². The minimum absolute atomic E-state index is 0.122. The maximum Gasteiger partial charge on any atom is 0.270 e. The highest BCUT2D eigenvalue weighted by molar-refractivity contribution is 5.92. The highest BCUT2D eigenvalue weighted by Gasteiger charge is 2.09. The van der Waals surface area contributed by atoms with Crippen LogP contribution in [0.4, 0.5) is 11.6 Å². The second-order valence-corrected chi connectivity index (χ2v) is 6.69. The van der Waals surface area contributed by atoms with E-state index in [9.17, 15) is 4.79 Å². The van der Waals surface area contributed by atoms with E-state index in [0.717, 1.165) is 22.6 Å². The summed E-state index contributed by atoms with van der Waals surface area (Å²) in [5, 5.41) is 6.00. The molecule has 2 aromatic carbocycles. The Morgan fingerprint density at radius 1 is 1.07 bits per heavy atom. The Labute approximate surface area is 165 Å². The second kappa shape index (κ2) is 8.99. The molecule has 0 atom stereocenters. The van der Waals surface area contributed by atoms with E-state index in [4.69, 9.17) is 4.74 Å². The topological polar surface area (TPSA) is 76.1 Å². The molecule has 0 aliphatic heterocycles. The van der Waals surface area contributed by atoms with Crippen LogP contribution in [0.1, 0.15) is 35.5 Å². The number of benzene rings is 2. The Bertz CT molecular complexity index is 939. The van der Waals surface area contributed by atoms with E-state index in [1.165, 1.54) is 0 Å². The number of rotatable bonds is 7. The van der Waals surface area contributed by atoms with Crippen molar-refractivity contribution in [2.24, 2.45) is 0 Å². The van der Waals surface area contributed by atoms with Crippen LogP contribution >= 0.6 is 0 Å². The second-order valence-electron chi connectivity index (χ2n) is 6.69. The van der Waals surface area contributed by atoms with E-state index in [2.05, 4.69) is 20.6 Å². The average molecular weight is 376 g/mol. The van der Waals surface area contributed by atoms with Crippen LogP contribution < -0.4 is 15.4 Å². The van der Waals surface area contributed by atoms with Crippen LogP contribution in [0.5, 0.6) is 5.75 Å². The van der Waals surface area contributed by atoms with Crippen LogP contribution in [-0.4, -0.2) is 22.0 Å². The van der Waals surface area contributed by atoms with Gasteiger partial charge in [-0.2, -0.15) is 0 Å². The molecule has 3 rings (SSSR count). The smallest absolute Gasteiger partial charge is 0.270 e. The van der Waals surface area contributed by atoms with Crippen LogP contribution in [0, 0.1) is 6.92 Å². The number of carbonyl (C=O) groups excluding carboxylic acids is 1. The summed E-state index contributed by atoms with van der Waals surface area (Å²) in [4.78, 5) is 20.9. The number of nitrogens with one attached hydrogen (secondary N) is 2. The SMILES string of the molecule is Cc1ccccc1CNC(=O)c1ccnc(Nc2ccc(OC(C)C)cc2)n1. The molecular formula is C22H24N4O2. The minimum atomic E-state index is -0.241. The first-order valence-electron chi connectivity index (χ1n) is 9.21. The van der Waals surface area contributed by atoms with Gasteiger partial charge in [0.15, 0.2) is 0 Å². The first-order chi connectivity index (χ1) is 13.5. The minimum Gasteiger partial charge on any atom is -0.491 e. The number of aromatic nitrogens is 2.